The minimum atomic E-state index is -0.288. The number of likely N-dealkylation sites (tertiary alicyclic amines) is 2. The molecule has 0 aliphatic carbocycles. The van der Waals surface area contributed by atoms with E-state index in [-0.39, 0.29) is 23.5 Å². The van der Waals surface area contributed by atoms with Crippen molar-refractivity contribution in [2.24, 2.45) is 0 Å². The Hall–Kier alpha value is -1.95. The molecule has 6 nitrogen and oxygen atoms in total. The highest BCUT2D eigenvalue weighted by atomic mass is 16.5. The second-order valence-corrected chi connectivity index (χ2v) is 7.09. The number of pyridine rings is 1. The molecule has 3 saturated heterocycles. The Bertz CT molecular complexity index is 636. The largest absolute Gasteiger partial charge is 0.373 e. The van der Waals surface area contributed by atoms with Crippen molar-refractivity contribution in [3.05, 3.63) is 30.1 Å². The van der Waals surface area contributed by atoms with Gasteiger partial charge in [-0.25, -0.2) is 0 Å². The van der Waals surface area contributed by atoms with Gasteiger partial charge in [0.1, 0.15) is 0 Å². The van der Waals surface area contributed by atoms with Gasteiger partial charge >= 0.3 is 0 Å². The first kappa shape index (κ1) is 15.6. The molecule has 2 amide bonds. The van der Waals surface area contributed by atoms with Gasteiger partial charge in [0, 0.05) is 44.6 Å². The fourth-order valence-electron chi connectivity index (χ4n) is 4.30. The fraction of sp³-hybridized carbons (Fsp3) is 0.611. The van der Waals surface area contributed by atoms with Crippen LogP contribution in [0.3, 0.4) is 0 Å². The summed E-state index contributed by atoms with van der Waals surface area (Å²) in [5, 5.41) is 0. The van der Waals surface area contributed by atoms with Crippen LogP contribution in [0.15, 0.2) is 24.5 Å². The van der Waals surface area contributed by atoms with Crippen LogP contribution in [0.1, 0.15) is 42.5 Å². The Morgan fingerprint density at radius 1 is 1.38 bits per heavy atom. The predicted molar refractivity (Wildman–Crippen MR) is 87.4 cm³/mol. The second kappa shape index (κ2) is 6.16. The van der Waals surface area contributed by atoms with Crippen LogP contribution in [0.25, 0.3) is 0 Å². The molecule has 1 spiro atoms. The normalized spacial score (nSPS) is 30.3. The highest BCUT2D eigenvalue weighted by Gasteiger charge is 2.46. The van der Waals surface area contributed by atoms with Crippen LogP contribution >= 0.6 is 0 Å². The average molecular weight is 329 g/mol. The lowest BCUT2D eigenvalue weighted by Gasteiger charge is -2.41. The zero-order valence-electron chi connectivity index (χ0n) is 13.8. The predicted octanol–water partition coefficient (Wildman–Crippen LogP) is 1.47. The molecule has 0 N–H and O–H groups in total. The van der Waals surface area contributed by atoms with Gasteiger partial charge in [-0.15, -0.1) is 0 Å². The number of aromatic nitrogens is 1. The molecule has 128 valence electrons. The maximum atomic E-state index is 12.6. The van der Waals surface area contributed by atoms with Crippen LogP contribution < -0.4 is 0 Å². The standard InChI is InChI=1S/C18H23N3O3/c22-16-4-2-8-21(16)15-5-10-24-18(11-15)6-9-20(13-18)17(23)14-3-1-7-19-12-14/h1,3,7,12,15H,2,4-6,8-11,13H2/t15-,18-/m1/s1. The van der Waals surface area contributed by atoms with E-state index in [1.807, 2.05) is 9.80 Å². The summed E-state index contributed by atoms with van der Waals surface area (Å²) in [5.41, 5.74) is 0.334. The lowest BCUT2D eigenvalue weighted by atomic mass is 9.89. The number of ether oxygens (including phenoxy) is 1. The number of nitrogens with zero attached hydrogens (tertiary/aromatic N) is 3. The molecule has 3 aliphatic heterocycles. The zero-order chi connectivity index (χ0) is 16.6. The third-order valence-corrected chi connectivity index (χ3v) is 5.53. The van der Waals surface area contributed by atoms with Crippen LogP contribution in [-0.4, -0.2) is 64.5 Å². The van der Waals surface area contributed by atoms with E-state index >= 15 is 0 Å². The zero-order valence-corrected chi connectivity index (χ0v) is 13.8. The topological polar surface area (TPSA) is 62.7 Å². The van der Waals surface area contributed by atoms with Crippen molar-refractivity contribution in [2.75, 3.05) is 26.2 Å². The SMILES string of the molecule is O=C(c1cccnc1)N1CC[C@@]2(C[C@H](N3CCCC3=O)CCO2)C1. The molecule has 1 aromatic heterocycles. The molecule has 24 heavy (non-hydrogen) atoms. The van der Waals surface area contributed by atoms with E-state index in [4.69, 9.17) is 4.74 Å². The molecular formula is C18H23N3O3. The molecule has 0 radical (unpaired) electrons. The van der Waals surface area contributed by atoms with Gasteiger partial charge in [0.05, 0.1) is 17.7 Å². The van der Waals surface area contributed by atoms with Gasteiger partial charge < -0.3 is 14.5 Å². The number of hydrogen-bond donors (Lipinski definition) is 0. The van der Waals surface area contributed by atoms with E-state index in [0.717, 1.165) is 32.2 Å². The van der Waals surface area contributed by atoms with Gasteiger partial charge in [-0.2, -0.15) is 0 Å². The lowest BCUT2D eigenvalue weighted by Crippen LogP contribution is -2.50. The summed E-state index contributed by atoms with van der Waals surface area (Å²) in [6.45, 7) is 2.86. The van der Waals surface area contributed by atoms with Crippen molar-refractivity contribution in [1.82, 2.24) is 14.8 Å². The summed E-state index contributed by atoms with van der Waals surface area (Å²) in [4.78, 5) is 32.6. The van der Waals surface area contributed by atoms with E-state index in [1.165, 1.54) is 0 Å². The Morgan fingerprint density at radius 3 is 3.04 bits per heavy atom. The molecule has 0 saturated carbocycles. The molecule has 0 unspecified atom stereocenters. The summed E-state index contributed by atoms with van der Waals surface area (Å²) in [6.07, 6.45) is 7.52. The van der Waals surface area contributed by atoms with E-state index in [9.17, 15) is 9.59 Å². The highest BCUT2D eigenvalue weighted by molar-refractivity contribution is 5.94. The fourth-order valence-corrected chi connectivity index (χ4v) is 4.30. The summed E-state index contributed by atoms with van der Waals surface area (Å²) in [7, 11) is 0. The second-order valence-electron chi connectivity index (χ2n) is 7.09. The number of amides is 2. The maximum absolute atomic E-state index is 12.6. The molecule has 0 bridgehead atoms. The monoisotopic (exact) mass is 329 g/mol. The molecule has 1 aromatic rings. The molecule has 3 fully saturated rings. The molecule has 0 aromatic carbocycles. The maximum Gasteiger partial charge on any atom is 0.255 e. The van der Waals surface area contributed by atoms with E-state index < -0.39 is 0 Å². The van der Waals surface area contributed by atoms with Crippen molar-refractivity contribution in [1.29, 1.82) is 0 Å². The third-order valence-electron chi connectivity index (χ3n) is 5.53. The van der Waals surface area contributed by atoms with Crippen molar-refractivity contribution in [3.63, 3.8) is 0 Å². The van der Waals surface area contributed by atoms with Gasteiger partial charge in [-0.3, -0.25) is 14.6 Å². The Labute approximate surface area is 141 Å². The molecule has 4 heterocycles. The summed E-state index contributed by atoms with van der Waals surface area (Å²) in [6, 6.07) is 3.85. The van der Waals surface area contributed by atoms with Gasteiger partial charge in [0.15, 0.2) is 0 Å². The van der Waals surface area contributed by atoms with Crippen molar-refractivity contribution in [3.8, 4) is 0 Å². The lowest BCUT2D eigenvalue weighted by molar-refractivity contribution is -0.137. The quantitative estimate of drug-likeness (QED) is 0.824. The first-order chi connectivity index (χ1) is 11.7. The Balaban J connectivity index is 1.45. The third kappa shape index (κ3) is 2.79. The first-order valence-electron chi connectivity index (χ1n) is 8.80. The number of carbonyl (C=O) groups excluding carboxylic acids is 2. The summed E-state index contributed by atoms with van der Waals surface area (Å²) < 4.78 is 6.12. The van der Waals surface area contributed by atoms with Crippen LogP contribution in [0.5, 0.6) is 0 Å². The average Bonchev–Trinajstić information content (AvgIpc) is 3.22. The van der Waals surface area contributed by atoms with Crippen molar-refractivity contribution in [2.45, 2.75) is 43.7 Å². The minimum Gasteiger partial charge on any atom is -0.373 e. The van der Waals surface area contributed by atoms with Crippen molar-refractivity contribution >= 4 is 11.8 Å². The molecule has 3 aliphatic rings. The first-order valence-corrected chi connectivity index (χ1v) is 8.80. The molecule has 2 atom stereocenters. The number of hydrogen-bond acceptors (Lipinski definition) is 4. The van der Waals surface area contributed by atoms with Crippen LogP contribution in [0, 0.1) is 0 Å². The van der Waals surface area contributed by atoms with E-state index in [1.54, 1.807) is 24.5 Å². The smallest absolute Gasteiger partial charge is 0.255 e. The molecule has 4 rings (SSSR count). The van der Waals surface area contributed by atoms with Crippen LogP contribution in [0.4, 0.5) is 0 Å². The van der Waals surface area contributed by atoms with Gasteiger partial charge in [-0.1, -0.05) is 0 Å². The molecular weight excluding hydrogens is 306 g/mol. The number of rotatable bonds is 2. The summed E-state index contributed by atoms with van der Waals surface area (Å²) >= 11 is 0. The Morgan fingerprint density at radius 2 is 2.29 bits per heavy atom. The van der Waals surface area contributed by atoms with Gasteiger partial charge in [0.25, 0.3) is 5.91 Å². The highest BCUT2D eigenvalue weighted by Crippen LogP contribution is 2.37. The summed E-state index contributed by atoms with van der Waals surface area (Å²) in [5.74, 6) is 0.293. The van der Waals surface area contributed by atoms with Crippen LogP contribution in [0.2, 0.25) is 0 Å². The minimum absolute atomic E-state index is 0.0166. The number of carbonyl (C=O) groups is 2. The van der Waals surface area contributed by atoms with Crippen molar-refractivity contribution < 1.29 is 14.3 Å². The van der Waals surface area contributed by atoms with Crippen LogP contribution in [-0.2, 0) is 9.53 Å². The van der Waals surface area contributed by atoms with Gasteiger partial charge in [0.2, 0.25) is 5.91 Å². The van der Waals surface area contributed by atoms with E-state index in [2.05, 4.69) is 4.98 Å². The van der Waals surface area contributed by atoms with Gasteiger partial charge in [-0.05, 0) is 37.8 Å². The van der Waals surface area contributed by atoms with E-state index in [0.29, 0.717) is 31.7 Å². The molecule has 6 heteroatoms. The Kier molecular flexibility index (Phi) is 4.00.